The number of fused-ring (bicyclic) bond motifs is 1. The molecule has 4 heterocycles. The van der Waals surface area contributed by atoms with Crippen molar-refractivity contribution < 1.29 is 0 Å². The molecule has 0 radical (unpaired) electrons. The number of hydrogen-bond donors (Lipinski definition) is 1. The highest BCUT2D eigenvalue weighted by Crippen LogP contribution is 2.28. The van der Waals surface area contributed by atoms with E-state index in [1.165, 1.54) is 11.0 Å². The highest BCUT2D eigenvalue weighted by Gasteiger charge is 2.27. The molecule has 10 heteroatoms. The van der Waals surface area contributed by atoms with Crippen molar-refractivity contribution in [2.45, 2.75) is 52.2 Å². The molecule has 1 fully saturated rings. The Labute approximate surface area is 191 Å². The number of aryl methyl sites for hydroxylation is 4. The molecule has 0 bridgehead atoms. The van der Waals surface area contributed by atoms with Crippen LogP contribution in [0.2, 0.25) is 0 Å². The Morgan fingerprint density at radius 1 is 1.09 bits per heavy atom. The van der Waals surface area contributed by atoms with E-state index in [0.29, 0.717) is 29.5 Å². The first-order chi connectivity index (χ1) is 15.2. The molecule has 0 amide bonds. The highest BCUT2D eigenvalue weighted by atomic mass is 32.2. The fourth-order valence-corrected chi connectivity index (χ4v) is 5.52. The summed E-state index contributed by atoms with van der Waals surface area (Å²) in [6.07, 6.45) is 2.00. The van der Waals surface area contributed by atoms with Crippen molar-refractivity contribution in [2.24, 2.45) is 18.9 Å². The van der Waals surface area contributed by atoms with E-state index < -0.39 is 5.69 Å². The predicted octanol–water partition coefficient (Wildman–Crippen LogP) is 2.49. The second kappa shape index (κ2) is 9.09. The zero-order valence-electron chi connectivity index (χ0n) is 19.4. The van der Waals surface area contributed by atoms with Gasteiger partial charge in [0.25, 0.3) is 5.56 Å². The van der Waals surface area contributed by atoms with Gasteiger partial charge in [0.2, 0.25) is 5.95 Å². The van der Waals surface area contributed by atoms with Crippen LogP contribution >= 0.6 is 11.8 Å². The summed E-state index contributed by atoms with van der Waals surface area (Å²) < 4.78 is 3.41. The van der Waals surface area contributed by atoms with E-state index in [9.17, 15) is 9.59 Å². The number of hydrogen-bond acceptors (Lipinski definition) is 7. The molecule has 0 spiro atoms. The van der Waals surface area contributed by atoms with Crippen LogP contribution in [0.1, 0.15) is 38.1 Å². The first-order valence-electron chi connectivity index (χ1n) is 11.1. The van der Waals surface area contributed by atoms with Crippen molar-refractivity contribution in [1.82, 2.24) is 29.1 Å². The molecule has 1 N–H and O–H groups in total. The molecule has 1 aliphatic heterocycles. The molecule has 172 valence electrons. The smallest absolute Gasteiger partial charge is 0.329 e. The van der Waals surface area contributed by atoms with Crippen LogP contribution in [0.4, 0.5) is 5.95 Å². The van der Waals surface area contributed by atoms with Crippen LogP contribution in [0.15, 0.2) is 20.8 Å². The molecule has 1 aliphatic rings. The lowest BCUT2D eigenvalue weighted by molar-refractivity contribution is 0.351. The summed E-state index contributed by atoms with van der Waals surface area (Å²) in [6, 6.07) is 1.96. The van der Waals surface area contributed by atoms with Crippen LogP contribution < -0.4 is 16.1 Å². The highest BCUT2D eigenvalue weighted by molar-refractivity contribution is 7.99. The zero-order chi connectivity index (χ0) is 23.0. The largest absolute Gasteiger partial charge is 0.342 e. The van der Waals surface area contributed by atoms with Gasteiger partial charge in [-0.2, -0.15) is 4.98 Å². The maximum Gasteiger partial charge on any atom is 0.329 e. The number of imidazole rings is 1. The SMILES string of the molecule is Cc1cc(C)nc(SCCCn2c(N3C[C@H](C)C[C@H](C)C3)nc3c2c(=O)[nH]c(=O)n3C)n1. The summed E-state index contributed by atoms with van der Waals surface area (Å²) in [5, 5.41) is 0.775. The van der Waals surface area contributed by atoms with Crippen LogP contribution in [0.5, 0.6) is 0 Å². The average Bonchev–Trinajstić information content (AvgIpc) is 3.08. The molecule has 3 aromatic heterocycles. The minimum atomic E-state index is -0.443. The Hall–Kier alpha value is -2.62. The van der Waals surface area contributed by atoms with Crippen LogP contribution in [-0.2, 0) is 13.6 Å². The molecule has 0 aromatic carbocycles. The van der Waals surface area contributed by atoms with Gasteiger partial charge in [0, 0.05) is 43.8 Å². The molecule has 0 saturated carbocycles. The number of thioether (sulfide) groups is 1. The van der Waals surface area contributed by atoms with E-state index in [4.69, 9.17) is 4.98 Å². The number of rotatable bonds is 6. The number of nitrogens with one attached hydrogen (secondary N) is 1. The third-order valence-corrected chi connectivity index (χ3v) is 6.79. The van der Waals surface area contributed by atoms with Gasteiger partial charge in [-0.25, -0.2) is 14.8 Å². The minimum absolute atomic E-state index is 0.384. The van der Waals surface area contributed by atoms with Crippen molar-refractivity contribution in [1.29, 1.82) is 0 Å². The first-order valence-corrected chi connectivity index (χ1v) is 12.1. The summed E-state index contributed by atoms with van der Waals surface area (Å²) in [6.45, 7) is 10.9. The average molecular weight is 458 g/mol. The number of piperidine rings is 1. The third-order valence-electron chi connectivity index (χ3n) is 5.86. The Bertz CT molecular complexity index is 1220. The van der Waals surface area contributed by atoms with E-state index in [-0.39, 0.29) is 5.56 Å². The van der Waals surface area contributed by atoms with Gasteiger partial charge in [-0.1, -0.05) is 25.6 Å². The number of nitrogens with zero attached hydrogens (tertiary/aromatic N) is 6. The molecule has 0 unspecified atom stereocenters. The second-order valence-electron chi connectivity index (χ2n) is 9.04. The molecule has 9 nitrogen and oxygen atoms in total. The Balaban J connectivity index is 1.63. The van der Waals surface area contributed by atoms with E-state index >= 15 is 0 Å². The quantitative estimate of drug-likeness (QED) is 0.345. The van der Waals surface area contributed by atoms with E-state index in [1.54, 1.807) is 18.8 Å². The Kier molecular flexibility index (Phi) is 6.41. The monoisotopic (exact) mass is 457 g/mol. The number of aromatic nitrogens is 6. The standard InChI is InChI=1S/C22H31N7O2S/c1-13-9-14(2)12-28(11-13)21-25-18-17(19(30)26-22(31)27(18)5)29(21)7-6-8-32-20-23-15(3)10-16(4)24-20/h10,13-14H,6-9,11-12H2,1-5H3,(H,26,30,31)/t13-,14+. The lowest BCUT2D eigenvalue weighted by Crippen LogP contribution is -2.40. The maximum absolute atomic E-state index is 12.8. The van der Waals surface area contributed by atoms with Gasteiger partial charge in [0.15, 0.2) is 16.3 Å². The van der Waals surface area contributed by atoms with Gasteiger partial charge in [0.05, 0.1) is 0 Å². The van der Waals surface area contributed by atoms with Crippen LogP contribution in [-0.4, -0.2) is 47.9 Å². The minimum Gasteiger partial charge on any atom is -0.342 e. The lowest BCUT2D eigenvalue weighted by Gasteiger charge is -2.35. The topological polar surface area (TPSA) is 102 Å². The fourth-order valence-electron chi connectivity index (χ4n) is 4.65. The number of H-pyrrole nitrogens is 1. The van der Waals surface area contributed by atoms with Gasteiger partial charge >= 0.3 is 5.69 Å². The van der Waals surface area contributed by atoms with Crippen molar-refractivity contribution in [2.75, 3.05) is 23.7 Å². The van der Waals surface area contributed by atoms with Crippen molar-refractivity contribution >= 4 is 28.9 Å². The molecular weight excluding hydrogens is 426 g/mol. The lowest BCUT2D eigenvalue weighted by atomic mass is 9.92. The van der Waals surface area contributed by atoms with E-state index in [0.717, 1.165) is 47.8 Å². The summed E-state index contributed by atoms with van der Waals surface area (Å²) in [5.41, 5.74) is 1.99. The molecule has 32 heavy (non-hydrogen) atoms. The summed E-state index contributed by atoms with van der Waals surface area (Å²) in [7, 11) is 1.65. The Morgan fingerprint density at radius 3 is 2.41 bits per heavy atom. The summed E-state index contributed by atoms with van der Waals surface area (Å²) in [4.78, 5) is 43.4. The zero-order valence-corrected chi connectivity index (χ0v) is 20.2. The Morgan fingerprint density at radius 2 is 1.75 bits per heavy atom. The molecule has 2 atom stereocenters. The molecule has 4 rings (SSSR count). The van der Waals surface area contributed by atoms with Gasteiger partial charge in [0.1, 0.15) is 0 Å². The van der Waals surface area contributed by atoms with Crippen LogP contribution in [0, 0.1) is 25.7 Å². The molecule has 0 aliphatic carbocycles. The van der Waals surface area contributed by atoms with Crippen LogP contribution in [0.3, 0.4) is 0 Å². The van der Waals surface area contributed by atoms with Gasteiger partial charge < -0.3 is 9.47 Å². The van der Waals surface area contributed by atoms with Gasteiger partial charge in [-0.05, 0) is 44.6 Å². The fraction of sp³-hybridized carbons (Fsp3) is 0.591. The van der Waals surface area contributed by atoms with Gasteiger partial charge in [-0.15, -0.1) is 0 Å². The maximum atomic E-state index is 12.8. The molecule has 1 saturated heterocycles. The number of anilines is 1. The first kappa shape index (κ1) is 22.6. The molecular formula is C22H31N7O2S. The second-order valence-corrected chi connectivity index (χ2v) is 10.1. The van der Waals surface area contributed by atoms with E-state index in [1.807, 2.05) is 24.5 Å². The summed E-state index contributed by atoms with van der Waals surface area (Å²) in [5.74, 6) is 2.69. The molecule has 3 aromatic rings. The normalized spacial score (nSPS) is 19.1. The van der Waals surface area contributed by atoms with Gasteiger partial charge in [-0.3, -0.25) is 14.3 Å². The summed E-state index contributed by atoms with van der Waals surface area (Å²) >= 11 is 1.62. The van der Waals surface area contributed by atoms with Crippen molar-refractivity contribution in [3.8, 4) is 0 Å². The van der Waals surface area contributed by atoms with Crippen molar-refractivity contribution in [3.05, 3.63) is 38.3 Å². The number of aromatic amines is 1. The third kappa shape index (κ3) is 4.60. The van der Waals surface area contributed by atoms with Crippen molar-refractivity contribution in [3.63, 3.8) is 0 Å². The van der Waals surface area contributed by atoms with E-state index in [2.05, 4.69) is 33.7 Å². The van der Waals surface area contributed by atoms with Crippen LogP contribution in [0.25, 0.3) is 11.2 Å². The predicted molar refractivity (Wildman–Crippen MR) is 128 cm³/mol.